The Morgan fingerprint density at radius 2 is 2.00 bits per heavy atom. The summed E-state index contributed by atoms with van der Waals surface area (Å²) in [6, 6.07) is 4.28. The first-order chi connectivity index (χ1) is 9.40. The fourth-order valence-electron chi connectivity index (χ4n) is 1.92. The first kappa shape index (κ1) is 14.4. The van der Waals surface area contributed by atoms with Gasteiger partial charge in [0.15, 0.2) is 5.78 Å². The summed E-state index contributed by atoms with van der Waals surface area (Å²) in [5, 5.41) is 4.21. The van der Waals surface area contributed by atoms with Gasteiger partial charge in [-0.3, -0.25) is 9.48 Å². The highest BCUT2D eigenvalue weighted by atomic mass is 19.1. The van der Waals surface area contributed by atoms with Gasteiger partial charge < -0.3 is 0 Å². The average molecular weight is 278 g/mol. The van der Waals surface area contributed by atoms with Crippen molar-refractivity contribution in [2.45, 2.75) is 33.2 Å². The number of carbonyl (C=O) groups is 1. The molecule has 0 aliphatic carbocycles. The number of halogens is 2. The van der Waals surface area contributed by atoms with E-state index in [0.717, 1.165) is 6.07 Å². The minimum absolute atomic E-state index is 0.114. The molecule has 0 radical (unpaired) electrons. The molecular formula is C15H16F2N2O. The molecule has 0 aliphatic rings. The maximum absolute atomic E-state index is 13.9. The van der Waals surface area contributed by atoms with Crippen LogP contribution in [0.5, 0.6) is 0 Å². The summed E-state index contributed by atoms with van der Waals surface area (Å²) < 4.78 is 29.2. The van der Waals surface area contributed by atoms with E-state index in [9.17, 15) is 13.6 Å². The normalized spacial score (nSPS) is 11.1. The van der Waals surface area contributed by atoms with Crippen molar-refractivity contribution < 1.29 is 13.6 Å². The molecule has 1 aromatic carbocycles. The summed E-state index contributed by atoms with van der Waals surface area (Å²) in [6.45, 7) is 5.41. The molecule has 5 heteroatoms. The number of hydrogen-bond acceptors (Lipinski definition) is 2. The lowest BCUT2D eigenvalue weighted by Gasteiger charge is -2.06. The molecule has 3 nitrogen and oxygen atoms in total. The maximum atomic E-state index is 13.9. The number of hydrogen-bond donors (Lipinski definition) is 0. The summed E-state index contributed by atoms with van der Waals surface area (Å²) in [5.74, 6) is -2.22. The number of Topliss-reactive ketones (excluding diaryl/α,β-unsaturated/α-hetero) is 1. The third-order valence-corrected chi connectivity index (χ3v) is 3.10. The highest BCUT2D eigenvalue weighted by Crippen LogP contribution is 2.18. The van der Waals surface area contributed by atoms with Crippen LogP contribution in [0, 0.1) is 18.6 Å². The monoisotopic (exact) mass is 278 g/mol. The zero-order valence-electron chi connectivity index (χ0n) is 11.7. The summed E-state index contributed by atoms with van der Waals surface area (Å²) >= 11 is 0. The molecule has 0 aliphatic heterocycles. The quantitative estimate of drug-likeness (QED) is 0.803. The molecule has 2 rings (SSSR count). The van der Waals surface area contributed by atoms with E-state index in [4.69, 9.17) is 0 Å². The van der Waals surface area contributed by atoms with Crippen LogP contribution in [-0.4, -0.2) is 15.6 Å². The number of aromatic nitrogens is 2. The standard InChI is InChI=1S/C15H16F2N2O/c1-9(2)19-7-6-11(18-19)8-13(20)14-12(16)5-4-10(3)15(14)17/h4-7,9H,8H2,1-3H3. The second kappa shape index (κ2) is 5.53. The van der Waals surface area contributed by atoms with Gasteiger partial charge in [-0.05, 0) is 38.5 Å². The van der Waals surface area contributed by atoms with Gasteiger partial charge in [0.2, 0.25) is 0 Å². The summed E-state index contributed by atoms with van der Waals surface area (Å²) in [5.41, 5.74) is 0.274. The molecule has 2 aromatic rings. The van der Waals surface area contributed by atoms with E-state index in [-0.39, 0.29) is 18.0 Å². The van der Waals surface area contributed by atoms with Crippen LogP contribution in [0.4, 0.5) is 8.78 Å². The van der Waals surface area contributed by atoms with Crippen LogP contribution in [0.15, 0.2) is 24.4 Å². The molecule has 1 aromatic heterocycles. The minimum Gasteiger partial charge on any atom is -0.294 e. The summed E-state index contributed by atoms with van der Waals surface area (Å²) in [4.78, 5) is 12.1. The topological polar surface area (TPSA) is 34.9 Å². The fraction of sp³-hybridized carbons (Fsp3) is 0.333. The lowest BCUT2D eigenvalue weighted by Crippen LogP contribution is -2.11. The van der Waals surface area contributed by atoms with Crippen LogP contribution in [-0.2, 0) is 6.42 Å². The highest BCUT2D eigenvalue weighted by Gasteiger charge is 2.20. The van der Waals surface area contributed by atoms with E-state index >= 15 is 0 Å². The Morgan fingerprint density at radius 1 is 1.30 bits per heavy atom. The molecule has 0 amide bonds. The predicted octanol–water partition coefficient (Wildman–Crippen LogP) is 3.48. The smallest absolute Gasteiger partial charge is 0.174 e. The van der Waals surface area contributed by atoms with Crippen molar-refractivity contribution >= 4 is 5.78 Å². The van der Waals surface area contributed by atoms with Gasteiger partial charge >= 0.3 is 0 Å². The molecule has 106 valence electrons. The molecule has 0 saturated heterocycles. The van der Waals surface area contributed by atoms with E-state index in [1.807, 2.05) is 13.8 Å². The van der Waals surface area contributed by atoms with Crippen molar-refractivity contribution in [3.05, 3.63) is 52.9 Å². The number of aryl methyl sites for hydroxylation is 1. The lowest BCUT2D eigenvalue weighted by atomic mass is 10.0. The lowest BCUT2D eigenvalue weighted by molar-refractivity contribution is 0.0983. The Balaban J connectivity index is 2.26. The van der Waals surface area contributed by atoms with Crippen LogP contribution >= 0.6 is 0 Å². The second-order valence-electron chi connectivity index (χ2n) is 5.03. The number of benzene rings is 1. The van der Waals surface area contributed by atoms with Gasteiger partial charge in [-0.1, -0.05) is 6.07 Å². The van der Waals surface area contributed by atoms with E-state index < -0.39 is 23.0 Å². The molecule has 0 bridgehead atoms. The van der Waals surface area contributed by atoms with Crippen molar-refractivity contribution in [3.63, 3.8) is 0 Å². The molecule has 0 saturated carbocycles. The Bertz CT molecular complexity index is 647. The Kier molecular flexibility index (Phi) is 3.97. The van der Waals surface area contributed by atoms with Crippen molar-refractivity contribution in [1.82, 2.24) is 9.78 Å². The second-order valence-corrected chi connectivity index (χ2v) is 5.03. The Morgan fingerprint density at radius 3 is 2.60 bits per heavy atom. The van der Waals surface area contributed by atoms with Crippen LogP contribution < -0.4 is 0 Å². The zero-order valence-corrected chi connectivity index (χ0v) is 11.7. The van der Waals surface area contributed by atoms with Gasteiger partial charge in [0, 0.05) is 12.2 Å². The van der Waals surface area contributed by atoms with E-state index in [2.05, 4.69) is 5.10 Å². The van der Waals surface area contributed by atoms with Gasteiger partial charge in [0.25, 0.3) is 0 Å². The number of ketones is 1. The third kappa shape index (κ3) is 2.76. The molecule has 0 fully saturated rings. The van der Waals surface area contributed by atoms with Crippen LogP contribution in [0.2, 0.25) is 0 Å². The van der Waals surface area contributed by atoms with E-state index in [1.165, 1.54) is 13.0 Å². The first-order valence-electron chi connectivity index (χ1n) is 6.42. The van der Waals surface area contributed by atoms with Crippen LogP contribution in [0.25, 0.3) is 0 Å². The molecule has 0 atom stereocenters. The molecule has 20 heavy (non-hydrogen) atoms. The average Bonchev–Trinajstić information content (AvgIpc) is 2.83. The molecule has 0 spiro atoms. The van der Waals surface area contributed by atoms with Gasteiger partial charge in [-0.2, -0.15) is 5.10 Å². The van der Waals surface area contributed by atoms with E-state index in [1.54, 1.807) is 16.9 Å². The number of nitrogens with zero attached hydrogens (tertiary/aromatic N) is 2. The largest absolute Gasteiger partial charge is 0.294 e. The molecular weight excluding hydrogens is 262 g/mol. The van der Waals surface area contributed by atoms with Gasteiger partial charge in [0.05, 0.1) is 17.7 Å². The minimum atomic E-state index is -0.832. The SMILES string of the molecule is Cc1ccc(F)c(C(=O)Cc2ccn(C(C)C)n2)c1F. The first-order valence-corrected chi connectivity index (χ1v) is 6.42. The van der Waals surface area contributed by atoms with E-state index in [0.29, 0.717) is 5.69 Å². The van der Waals surface area contributed by atoms with Crippen molar-refractivity contribution in [3.8, 4) is 0 Å². The van der Waals surface area contributed by atoms with Gasteiger partial charge in [0.1, 0.15) is 11.6 Å². The number of rotatable bonds is 4. The van der Waals surface area contributed by atoms with Gasteiger partial charge in [-0.25, -0.2) is 8.78 Å². The molecule has 0 unspecified atom stereocenters. The summed E-state index contributed by atoms with van der Waals surface area (Å²) in [6.07, 6.45) is 1.63. The highest BCUT2D eigenvalue weighted by molar-refractivity contribution is 5.98. The van der Waals surface area contributed by atoms with Gasteiger partial charge in [-0.15, -0.1) is 0 Å². The third-order valence-electron chi connectivity index (χ3n) is 3.10. The molecule has 0 N–H and O–H groups in total. The maximum Gasteiger partial charge on any atom is 0.174 e. The molecule has 1 heterocycles. The fourth-order valence-corrected chi connectivity index (χ4v) is 1.92. The number of carbonyl (C=O) groups excluding carboxylic acids is 1. The van der Waals surface area contributed by atoms with Crippen molar-refractivity contribution in [2.75, 3.05) is 0 Å². The van der Waals surface area contributed by atoms with Crippen LogP contribution in [0.1, 0.15) is 41.5 Å². The Labute approximate surface area is 116 Å². The summed E-state index contributed by atoms with van der Waals surface area (Å²) in [7, 11) is 0. The van der Waals surface area contributed by atoms with Crippen molar-refractivity contribution in [1.29, 1.82) is 0 Å². The Hall–Kier alpha value is -2.04. The predicted molar refractivity (Wildman–Crippen MR) is 71.7 cm³/mol. The van der Waals surface area contributed by atoms with Crippen LogP contribution in [0.3, 0.4) is 0 Å². The van der Waals surface area contributed by atoms with Crippen molar-refractivity contribution in [2.24, 2.45) is 0 Å². The zero-order chi connectivity index (χ0) is 14.9.